The van der Waals surface area contributed by atoms with Crippen LogP contribution in [0.15, 0.2) is 18.3 Å². The number of hydrogen-bond donors (Lipinski definition) is 1. The van der Waals surface area contributed by atoms with Crippen LogP contribution in [0.5, 0.6) is 5.88 Å². The van der Waals surface area contributed by atoms with Gasteiger partial charge in [-0.3, -0.25) is 4.98 Å². The fourth-order valence-corrected chi connectivity index (χ4v) is 2.67. The molecular formula is C16H16F3N5O2. The Balaban J connectivity index is 2.11. The minimum absolute atomic E-state index is 0.278. The van der Waals surface area contributed by atoms with Gasteiger partial charge in [-0.25, -0.2) is 9.67 Å². The molecule has 0 amide bonds. The van der Waals surface area contributed by atoms with Crippen molar-refractivity contribution in [3.63, 3.8) is 0 Å². The van der Waals surface area contributed by atoms with Gasteiger partial charge in [0.15, 0.2) is 5.65 Å². The van der Waals surface area contributed by atoms with E-state index < -0.39 is 17.9 Å². The second-order valence-corrected chi connectivity index (χ2v) is 5.68. The van der Waals surface area contributed by atoms with Crippen molar-refractivity contribution < 1.29 is 23.0 Å². The van der Waals surface area contributed by atoms with Crippen LogP contribution in [0.4, 0.5) is 13.2 Å². The lowest BCUT2D eigenvalue weighted by Gasteiger charge is -2.14. The van der Waals surface area contributed by atoms with Crippen molar-refractivity contribution in [3.8, 4) is 5.88 Å². The number of alkyl halides is 3. The number of nitrogens with zero attached hydrogens (tertiary/aromatic N) is 5. The number of aliphatic hydroxyl groups excluding tert-OH is 1. The number of fused-ring (bicyclic) bond motifs is 1. The normalized spacial score (nSPS) is 13.2. The molecule has 3 aromatic rings. The smallest absolute Gasteiger partial charge is 0.433 e. The number of pyridine rings is 1. The molecule has 0 fully saturated rings. The maximum absolute atomic E-state index is 12.7. The Hall–Kier alpha value is -2.75. The lowest BCUT2D eigenvalue weighted by atomic mass is 10.1. The van der Waals surface area contributed by atoms with Crippen molar-refractivity contribution in [1.29, 1.82) is 0 Å². The van der Waals surface area contributed by atoms with Crippen molar-refractivity contribution in [2.45, 2.75) is 32.7 Å². The molecule has 1 atom stereocenters. The predicted octanol–water partition coefficient (Wildman–Crippen LogP) is 2.66. The van der Waals surface area contributed by atoms with Crippen molar-refractivity contribution in [2.75, 3.05) is 7.11 Å². The Kier molecular flexibility index (Phi) is 4.53. The topological polar surface area (TPSA) is 86.0 Å². The minimum atomic E-state index is -4.50. The van der Waals surface area contributed by atoms with Gasteiger partial charge in [-0.1, -0.05) is 6.07 Å². The molecule has 0 aliphatic carbocycles. The lowest BCUT2D eigenvalue weighted by Crippen LogP contribution is -2.12. The van der Waals surface area contributed by atoms with Gasteiger partial charge in [0.25, 0.3) is 0 Å². The summed E-state index contributed by atoms with van der Waals surface area (Å²) in [6, 6.07) is 1.80. The molecule has 0 aliphatic rings. The summed E-state index contributed by atoms with van der Waals surface area (Å²) in [7, 11) is 1.45. The summed E-state index contributed by atoms with van der Waals surface area (Å²) >= 11 is 0. The van der Waals surface area contributed by atoms with Gasteiger partial charge in [-0.2, -0.15) is 23.3 Å². The average Bonchev–Trinajstić information content (AvgIpc) is 2.98. The Bertz CT molecular complexity index is 938. The highest BCUT2D eigenvalue weighted by Gasteiger charge is 2.32. The van der Waals surface area contributed by atoms with E-state index in [1.807, 2.05) is 0 Å². The summed E-state index contributed by atoms with van der Waals surface area (Å²) in [6.07, 6.45) is -3.34. The molecule has 7 nitrogen and oxygen atoms in total. The third kappa shape index (κ3) is 3.07. The van der Waals surface area contributed by atoms with E-state index in [9.17, 15) is 18.3 Å². The summed E-state index contributed by atoms with van der Waals surface area (Å²) in [5, 5.41) is 14.4. The third-order valence-corrected chi connectivity index (χ3v) is 3.97. The molecule has 138 valence electrons. The molecule has 0 spiro atoms. The number of aryl methyl sites for hydroxylation is 1. The zero-order chi connectivity index (χ0) is 19.1. The summed E-state index contributed by atoms with van der Waals surface area (Å²) in [5.74, 6) is 0.721. The van der Waals surface area contributed by atoms with Crippen molar-refractivity contribution in [3.05, 3.63) is 41.1 Å². The van der Waals surface area contributed by atoms with Gasteiger partial charge in [0, 0.05) is 6.20 Å². The van der Waals surface area contributed by atoms with Gasteiger partial charge in [0.1, 0.15) is 22.6 Å². The predicted molar refractivity (Wildman–Crippen MR) is 85.6 cm³/mol. The second kappa shape index (κ2) is 6.52. The van der Waals surface area contributed by atoms with Gasteiger partial charge in [0.05, 0.1) is 19.8 Å². The SMILES string of the molecule is COc1nc(C)nc2c1c(CO)nn2C(C)c1ccc(C(F)(F)F)nc1. The van der Waals surface area contributed by atoms with Crippen LogP contribution in [-0.2, 0) is 12.8 Å². The highest BCUT2D eigenvalue weighted by molar-refractivity contribution is 5.84. The number of methoxy groups -OCH3 is 1. The molecular weight excluding hydrogens is 351 g/mol. The van der Waals surface area contributed by atoms with Gasteiger partial charge < -0.3 is 9.84 Å². The molecule has 3 aromatic heterocycles. The third-order valence-electron chi connectivity index (χ3n) is 3.97. The molecule has 0 radical (unpaired) electrons. The number of aliphatic hydroxyl groups is 1. The average molecular weight is 367 g/mol. The van der Waals surface area contributed by atoms with Gasteiger partial charge in [-0.05, 0) is 25.5 Å². The van der Waals surface area contributed by atoms with E-state index >= 15 is 0 Å². The van der Waals surface area contributed by atoms with E-state index in [0.717, 1.165) is 12.3 Å². The molecule has 26 heavy (non-hydrogen) atoms. The van der Waals surface area contributed by atoms with Gasteiger partial charge >= 0.3 is 6.18 Å². The van der Waals surface area contributed by atoms with Crippen LogP contribution in [0.2, 0.25) is 0 Å². The Labute approximate surface area is 146 Å². The number of hydrogen-bond acceptors (Lipinski definition) is 6. The van der Waals surface area contributed by atoms with E-state index in [1.54, 1.807) is 13.8 Å². The molecule has 0 saturated heterocycles. The fourth-order valence-electron chi connectivity index (χ4n) is 2.67. The molecule has 1 N–H and O–H groups in total. The number of halogens is 3. The molecule has 0 aliphatic heterocycles. The fraction of sp³-hybridized carbons (Fsp3) is 0.375. The summed E-state index contributed by atoms with van der Waals surface area (Å²) in [5.41, 5.74) is 0.297. The summed E-state index contributed by atoms with van der Waals surface area (Å²) in [4.78, 5) is 12.0. The highest BCUT2D eigenvalue weighted by atomic mass is 19.4. The number of aromatic nitrogens is 5. The van der Waals surface area contributed by atoms with Gasteiger partial charge in [-0.15, -0.1) is 0 Å². The Morgan fingerprint density at radius 1 is 1.27 bits per heavy atom. The van der Waals surface area contributed by atoms with Crippen molar-refractivity contribution in [1.82, 2.24) is 24.7 Å². The van der Waals surface area contributed by atoms with Crippen LogP contribution in [0.3, 0.4) is 0 Å². The summed E-state index contributed by atoms with van der Waals surface area (Å²) in [6.45, 7) is 3.08. The van der Waals surface area contributed by atoms with Crippen LogP contribution in [0, 0.1) is 6.92 Å². The van der Waals surface area contributed by atoms with Crippen LogP contribution in [0.1, 0.15) is 35.7 Å². The van der Waals surface area contributed by atoms with E-state index in [4.69, 9.17) is 4.74 Å². The molecule has 3 heterocycles. The molecule has 3 rings (SSSR count). The van der Waals surface area contributed by atoms with Crippen LogP contribution in [0.25, 0.3) is 11.0 Å². The van der Waals surface area contributed by atoms with Crippen LogP contribution in [-0.4, -0.2) is 36.9 Å². The van der Waals surface area contributed by atoms with E-state index in [1.165, 1.54) is 17.9 Å². The highest BCUT2D eigenvalue weighted by Crippen LogP contribution is 2.31. The first-order valence-corrected chi connectivity index (χ1v) is 7.70. The Morgan fingerprint density at radius 2 is 2.00 bits per heavy atom. The first kappa shape index (κ1) is 18.1. The maximum atomic E-state index is 12.7. The quantitative estimate of drug-likeness (QED) is 0.763. The molecule has 10 heteroatoms. The van der Waals surface area contributed by atoms with Gasteiger partial charge in [0.2, 0.25) is 5.88 Å². The Morgan fingerprint density at radius 3 is 2.54 bits per heavy atom. The second-order valence-electron chi connectivity index (χ2n) is 5.68. The van der Waals surface area contributed by atoms with Crippen molar-refractivity contribution in [2.24, 2.45) is 0 Å². The van der Waals surface area contributed by atoms with E-state index in [0.29, 0.717) is 28.1 Å². The maximum Gasteiger partial charge on any atom is 0.433 e. The first-order valence-electron chi connectivity index (χ1n) is 7.70. The number of ether oxygens (including phenoxy) is 1. The van der Waals surface area contributed by atoms with Crippen molar-refractivity contribution >= 4 is 11.0 Å². The molecule has 1 unspecified atom stereocenters. The largest absolute Gasteiger partial charge is 0.480 e. The van der Waals surface area contributed by atoms with Crippen LogP contribution < -0.4 is 4.74 Å². The van der Waals surface area contributed by atoms with E-state index in [2.05, 4.69) is 20.1 Å². The molecule has 0 saturated carbocycles. The van der Waals surface area contributed by atoms with Crippen LogP contribution >= 0.6 is 0 Å². The molecule has 0 bridgehead atoms. The zero-order valence-electron chi connectivity index (χ0n) is 14.2. The molecule has 0 aromatic carbocycles. The zero-order valence-corrected chi connectivity index (χ0v) is 14.2. The van der Waals surface area contributed by atoms with E-state index in [-0.39, 0.29) is 12.5 Å². The lowest BCUT2D eigenvalue weighted by molar-refractivity contribution is -0.141. The monoisotopic (exact) mass is 367 g/mol. The standard InChI is InChI=1S/C16H16F3N5O2/c1-8(10-4-5-12(20-6-10)16(17,18)19)24-14-13(11(7-25)23-24)15(26-3)22-9(2)21-14/h4-6,8,25H,7H2,1-3H3. The first-order chi connectivity index (χ1) is 12.3. The number of rotatable bonds is 4. The minimum Gasteiger partial charge on any atom is -0.480 e. The summed E-state index contributed by atoms with van der Waals surface area (Å²) < 4.78 is 44.8.